The Morgan fingerprint density at radius 1 is 1.15 bits per heavy atom. The molecule has 6 aliphatic rings. The molecule has 3 saturated carbocycles. The predicted octanol–water partition coefficient (Wildman–Crippen LogP) is 2.01. The lowest BCUT2D eigenvalue weighted by molar-refractivity contribution is -0.235. The summed E-state index contributed by atoms with van der Waals surface area (Å²) in [7, 11) is 0. The van der Waals surface area contributed by atoms with E-state index in [1.54, 1.807) is 13.8 Å². The van der Waals surface area contributed by atoms with Crippen LogP contribution in [0.15, 0.2) is 23.3 Å². The first-order valence-corrected chi connectivity index (χ1v) is 14.2. The third-order valence-electron chi connectivity index (χ3n) is 12.2. The Balaban J connectivity index is 1.41. The van der Waals surface area contributed by atoms with Crippen LogP contribution in [0.3, 0.4) is 0 Å². The lowest BCUT2D eigenvalue weighted by atomic mass is 9.42. The van der Waals surface area contributed by atoms with Crippen molar-refractivity contribution in [1.29, 1.82) is 0 Å². The highest BCUT2D eigenvalue weighted by atomic mass is 16.6. The van der Waals surface area contributed by atoms with Gasteiger partial charge in [-0.3, -0.25) is 9.59 Å². The number of ether oxygens (including phenoxy) is 3. The standard InChI is InChI=1S/C30H40O9/c1-13-14(2)26(35)38-25(24(13)34)15(3)18-11-22(37-16(4)31)29(36)19-12-23-30(39-23)21(33)8-7-20(32)28(30,6)17(19)9-10-27(18,29)5/h7-8,15,17-19,21-25,33-34,36H,9-12H2,1-6H3/t15-,17-,18+,19+,21-,22-,23+,24-,25-,27+,28-,29+,30+/m0/s1. The van der Waals surface area contributed by atoms with Crippen LogP contribution in [0.1, 0.15) is 67.2 Å². The number of fused-ring (bicyclic) bond motifs is 4. The summed E-state index contributed by atoms with van der Waals surface area (Å²) >= 11 is 0. The van der Waals surface area contributed by atoms with Crippen LogP contribution in [0.5, 0.6) is 0 Å². The van der Waals surface area contributed by atoms with Gasteiger partial charge in [0.15, 0.2) is 5.78 Å². The lowest BCUT2D eigenvalue weighted by Gasteiger charge is -2.62. The molecule has 0 unspecified atom stereocenters. The van der Waals surface area contributed by atoms with Gasteiger partial charge in [-0.25, -0.2) is 4.79 Å². The summed E-state index contributed by atoms with van der Waals surface area (Å²) in [5.74, 6) is -2.39. The average Bonchev–Trinajstić information content (AvgIpc) is 3.58. The zero-order valence-corrected chi connectivity index (χ0v) is 23.5. The molecule has 39 heavy (non-hydrogen) atoms. The number of rotatable bonds is 3. The Hall–Kier alpha value is -2.07. The third-order valence-corrected chi connectivity index (χ3v) is 12.2. The molecule has 0 radical (unpaired) electrons. The highest BCUT2D eigenvalue weighted by Crippen LogP contribution is 2.74. The summed E-state index contributed by atoms with van der Waals surface area (Å²) in [6.45, 7) is 10.5. The molecule has 9 nitrogen and oxygen atoms in total. The van der Waals surface area contributed by atoms with Crippen molar-refractivity contribution in [3.05, 3.63) is 23.3 Å². The first-order chi connectivity index (χ1) is 18.2. The number of hydrogen-bond donors (Lipinski definition) is 3. The Morgan fingerprint density at radius 3 is 2.51 bits per heavy atom. The highest BCUT2D eigenvalue weighted by Gasteiger charge is 2.83. The van der Waals surface area contributed by atoms with E-state index in [0.29, 0.717) is 36.8 Å². The normalized spacial score (nSPS) is 52.7. The van der Waals surface area contributed by atoms with E-state index in [4.69, 9.17) is 14.2 Å². The van der Waals surface area contributed by atoms with Gasteiger partial charge in [0.2, 0.25) is 0 Å². The first-order valence-electron chi connectivity index (χ1n) is 14.2. The van der Waals surface area contributed by atoms with Crippen molar-refractivity contribution in [1.82, 2.24) is 0 Å². The highest BCUT2D eigenvalue weighted by molar-refractivity contribution is 5.98. The molecule has 2 heterocycles. The third kappa shape index (κ3) is 3.08. The van der Waals surface area contributed by atoms with Gasteiger partial charge in [0.1, 0.15) is 35.6 Å². The molecule has 1 spiro atoms. The molecule has 0 amide bonds. The fourth-order valence-corrected chi connectivity index (χ4v) is 9.88. The maximum absolute atomic E-state index is 13.5. The molecule has 3 N–H and O–H groups in total. The second kappa shape index (κ2) is 8.24. The quantitative estimate of drug-likeness (QED) is 0.359. The van der Waals surface area contributed by atoms with Gasteiger partial charge in [0.05, 0.1) is 11.5 Å². The number of ketones is 1. The number of epoxide rings is 1. The van der Waals surface area contributed by atoms with Crippen molar-refractivity contribution < 1.29 is 43.9 Å². The minimum Gasteiger partial charge on any atom is -0.459 e. The van der Waals surface area contributed by atoms with Crippen LogP contribution >= 0.6 is 0 Å². The second-order valence-corrected chi connectivity index (χ2v) is 13.4. The number of aliphatic hydroxyl groups is 3. The number of carbonyl (C=O) groups is 3. The topological polar surface area (TPSA) is 143 Å². The molecule has 2 aliphatic heterocycles. The van der Waals surface area contributed by atoms with E-state index in [1.807, 2.05) is 20.8 Å². The monoisotopic (exact) mass is 544 g/mol. The van der Waals surface area contributed by atoms with Crippen LogP contribution < -0.4 is 0 Å². The minimum absolute atomic E-state index is 0.112. The maximum atomic E-state index is 13.5. The molecule has 0 aromatic heterocycles. The van der Waals surface area contributed by atoms with Gasteiger partial charge in [-0.05, 0) is 87.9 Å². The molecule has 4 fully saturated rings. The summed E-state index contributed by atoms with van der Waals surface area (Å²) in [6, 6.07) is 0. The molecule has 0 bridgehead atoms. The van der Waals surface area contributed by atoms with E-state index in [1.165, 1.54) is 19.1 Å². The number of carbonyl (C=O) groups excluding carboxylic acids is 3. The van der Waals surface area contributed by atoms with E-state index >= 15 is 0 Å². The SMILES string of the molecule is CC(=O)O[C@H]1C[C@H]([C@H](C)[C@@H]2OC(=O)C(C)=C(C)[C@@H]2O)[C@@]2(C)CC[C@H]3[C@@H](C[C@H]4O[C@]45[C@@H](O)C=CC(=O)[C@]35C)[C@@]12O. The number of allylic oxidation sites excluding steroid dienone is 1. The van der Waals surface area contributed by atoms with Gasteiger partial charge in [-0.1, -0.05) is 13.8 Å². The number of esters is 2. The molecule has 6 rings (SSSR count). The van der Waals surface area contributed by atoms with E-state index in [2.05, 4.69) is 0 Å². The summed E-state index contributed by atoms with van der Waals surface area (Å²) in [5, 5.41) is 34.9. The number of aliphatic hydroxyl groups excluding tert-OH is 2. The van der Waals surface area contributed by atoms with Crippen molar-refractivity contribution in [3.8, 4) is 0 Å². The second-order valence-electron chi connectivity index (χ2n) is 13.4. The number of cyclic esters (lactones) is 1. The van der Waals surface area contributed by atoms with Crippen LogP contribution in [0.2, 0.25) is 0 Å². The van der Waals surface area contributed by atoms with Gasteiger partial charge in [0.25, 0.3) is 0 Å². The van der Waals surface area contributed by atoms with Crippen molar-refractivity contribution in [2.24, 2.45) is 34.5 Å². The van der Waals surface area contributed by atoms with Crippen LogP contribution in [0.25, 0.3) is 0 Å². The molecule has 0 aromatic rings. The minimum atomic E-state index is -1.49. The lowest BCUT2D eigenvalue weighted by Crippen LogP contribution is -2.70. The smallest absolute Gasteiger partial charge is 0.334 e. The molecule has 1 saturated heterocycles. The number of hydrogen-bond acceptors (Lipinski definition) is 9. The van der Waals surface area contributed by atoms with Crippen LogP contribution in [-0.4, -0.2) is 74.8 Å². The molecule has 13 atom stereocenters. The van der Waals surface area contributed by atoms with E-state index in [0.717, 1.165) is 0 Å². The maximum Gasteiger partial charge on any atom is 0.334 e. The Morgan fingerprint density at radius 2 is 1.85 bits per heavy atom. The molecule has 9 heteroatoms. The molecule has 214 valence electrons. The van der Waals surface area contributed by atoms with Crippen molar-refractivity contribution in [2.45, 2.75) is 109 Å². The molecule has 4 aliphatic carbocycles. The van der Waals surface area contributed by atoms with Gasteiger partial charge < -0.3 is 29.5 Å². The van der Waals surface area contributed by atoms with Gasteiger partial charge in [-0.2, -0.15) is 0 Å². The van der Waals surface area contributed by atoms with E-state index < -0.39 is 70.4 Å². The Bertz CT molecular complexity index is 1210. The Labute approximate surface area is 228 Å². The molecular weight excluding hydrogens is 504 g/mol. The van der Waals surface area contributed by atoms with Crippen molar-refractivity contribution >= 4 is 17.7 Å². The van der Waals surface area contributed by atoms with Crippen molar-refractivity contribution in [3.63, 3.8) is 0 Å². The fourth-order valence-electron chi connectivity index (χ4n) is 9.88. The van der Waals surface area contributed by atoms with Gasteiger partial charge >= 0.3 is 11.9 Å². The summed E-state index contributed by atoms with van der Waals surface area (Å²) < 4.78 is 17.8. The molecule has 0 aromatic carbocycles. The molecular formula is C30H40O9. The zero-order chi connectivity index (χ0) is 28.4. The predicted molar refractivity (Wildman–Crippen MR) is 137 cm³/mol. The average molecular weight is 545 g/mol. The van der Waals surface area contributed by atoms with Gasteiger partial charge in [0, 0.05) is 17.9 Å². The van der Waals surface area contributed by atoms with Gasteiger partial charge in [-0.15, -0.1) is 0 Å². The van der Waals surface area contributed by atoms with E-state index in [9.17, 15) is 29.7 Å². The largest absolute Gasteiger partial charge is 0.459 e. The van der Waals surface area contributed by atoms with Crippen molar-refractivity contribution in [2.75, 3.05) is 0 Å². The fraction of sp³-hybridized carbons (Fsp3) is 0.767. The summed E-state index contributed by atoms with van der Waals surface area (Å²) in [5.41, 5.74) is -3.29. The zero-order valence-electron chi connectivity index (χ0n) is 23.5. The summed E-state index contributed by atoms with van der Waals surface area (Å²) in [6.07, 6.45) is 0.951. The van der Waals surface area contributed by atoms with Crippen LogP contribution in [0, 0.1) is 34.5 Å². The van der Waals surface area contributed by atoms with Crippen LogP contribution in [-0.2, 0) is 28.6 Å². The Kier molecular flexibility index (Phi) is 5.73. The van der Waals surface area contributed by atoms with E-state index in [-0.39, 0.29) is 23.5 Å². The summed E-state index contributed by atoms with van der Waals surface area (Å²) in [4.78, 5) is 38.4. The van der Waals surface area contributed by atoms with Crippen LogP contribution in [0.4, 0.5) is 0 Å². The first kappa shape index (κ1) is 27.1.